The molecule has 0 radical (unpaired) electrons. The molecule has 0 saturated carbocycles. The van der Waals surface area contributed by atoms with Crippen LogP contribution in [0.1, 0.15) is 28.5 Å². The highest BCUT2D eigenvalue weighted by atomic mass is 19.1. The summed E-state index contributed by atoms with van der Waals surface area (Å²) in [6.45, 7) is 3.23. The summed E-state index contributed by atoms with van der Waals surface area (Å²) in [6, 6.07) is 6.72. The summed E-state index contributed by atoms with van der Waals surface area (Å²) in [6.07, 6.45) is 0. The van der Waals surface area contributed by atoms with Gasteiger partial charge in [-0.05, 0) is 26.0 Å². The number of rotatable bonds is 6. The smallest absolute Gasteiger partial charge is 0.342 e. The Morgan fingerprint density at radius 3 is 2.56 bits per heavy atom. The van der Waals surface area contributed by atoms with Crippen molar-refractivity contribution in [2.24, 2.45) is 0 Å². The van der Waals surface area contributed by atoms with Gasteiger partial charge in [0.2, 0.25) is 5.88 Å². The molecule has 6 nitrogen and oxygen atoms in total. The summed E-state index contributed by atoms with van der Waals surface area (Å²) in [5.74, 6) is -1.37. The lowest BCUT2D eigenvalue weighted by Crippen LogP contribution is -2.07. The van der Waals surface area contributed by atoms with Crippen LogP contribution < -0.4 is 9.47 Å². The number of nitrogens with zero attached hydrogens (tertiary/aromatic N) is 2. The predicted octanol–water partition coefficient (Wildman–Crippen LogP) is 3.69. The zero-order chi connectivity index (χ0) is 19.6. The average Bonchev–Trinajstić information content (AvgIpc) is 2.97. The average molecular weight is 376 g/mol. The molecule has 0 bridgehead atoms. The third-order valence-corrected chi connectivity index (χ3v) is 3.99. The number of benzene rings is 1. The van der Waals surface area contributed by atoms with E-state index in [1.165, 1.54) is 23.8 Å². The summed E-state index contributed by atoms with van der Waals surface area (Å²) in [7, 11) is 1.46. The molecule has 3 aromatic rings. The molecular weight excluding hydrogens is 358 g/mol. The third-order valence-electron chi connectivity index (χ3n) is 3.99. The fourth-order valence-electron chi connectivity index (χ4n) is 2.70. The van der Waals surface area contributed by atoms with Crippen LogP contribution in [0.25, 0.3) is 5.52 Å². The topological polar surface area (TPSA) is 62.1 Å². The first kappa shape index (κ1) is 18.6. The fourth-order valence-corrected chi connectivity index (χ4v) is 2.70. The van der Waals surface area contributed by atoms with E-state index in [0.29, 0.717) is 17.0 Å². The summed E-state index contributed by atoms with van der Waals surface area (Å²) in [4.78, 5) is 12.3. The van der Waals surface area contributed by atoms with Crippen molar-refractivity contribution in [3.05, 3.63) is 58.8 Å². The van der Waals surface area contributed by atoms with E-state index in [1.54, 1.807) is 19.9 Å². The quantitative estimate of drug-likeness (QED) is 0.614. The number of hydrogen-bond donors (Lipinski definition) is 0. The van der Waals surface area contributed by atoms with Crippen LogP contribution >= 0.6 is 0 Å². The van der Waals surface area contributed by atoms with Gasteiger partial charge in [-0.15, -0.1) is 0 Å². The first-order valence-corrected chi connectivity index (χ1v) is 8.26. The van der Waals surface area contributed by atoms with E-state index in [4.69, 9.17) is 14.2 Å². The number of methoxy groups -OCH3 is 1. The minimum absolute atomic E-state index is 0.172. The molecule has 142 valence electrons. The third kappa shape index (κ3) is 3.55. The molecule has 0 amide bonds. The zero-order valence-electron chi connectivity index (χ0n) is 15.1. The van der Waals surface area contributed by atoms with E-state index in [9.17, 15) is 13.6 Å². The van der Waals surface area contributed by atoms with Crippen LogP contribution in [-0.4, -0.2) is 29.3 Å². The lowest BCUT2D eigenvalue weighted by atomic mass is 10.2. The predicted molar refractivity (Wildman–Crippen MR) is 93.1 cm³/mol. The molecule has 1 aromatic carbocycles. The van der Waals surface area contributed by atoms with E-state index in [2.05, 4.69) is 5.10 Å². The number of aryl methyl sites for hydroxylation is 1. The van der Waals surface area contributed by atoms with Gasteiger partial charge in [0.05, 0.1) is 30.5 Å². The molecule has 8 heteroatoms. The number of hydrogen-bond acceptors (Lipinski definition) is 5. The van der Waals surface area contributed by atoms with Crippen LogP contribution in [0, 0.1) is 18.6 Å². The maximum atomic E-state index is 13.8. The monoisotopic (exact) mass is 376 g/mol. The number of fused-ring (bicyclic) bond motifs is 1. The molecule has 0 aliphatic rings. The van der Waals surface area contributed by atoms with Gasteiger partial charge in [-0.2, -0.15) is 9.61 Å². The lowest BCUT2D eigenvalue weighted by molar-refractivity contribution is 0.0528. The minimum Gasteiger partial charge on any atom is -0.496 e. The van der Waals surface area contributed by atoms with Crippen molar-refractivity contribution >= 4 is 11.5 Å². The van der Waals surface area contributed by atoms with Crippen LogP contribution in [0.5, 0.6) is 11.6 Å². The van der Waals surface area contributed by atoms with Crippen LogP contribution in [0.2, 0.25) is 0 Å². The maximum Gasteiger partial charge on any atom is 0.342 e. The molecule has 2 aromatic heterocycles. The highest BCUT2D eigenvalue weighted by Gasteiger charge is 2.22. The number of carbonyl (C=O) groups is 1. The van der Waals surface area contributed by atoms with E-state index >= 15 is 0 Å². The molecule has 3 rings (SSSR count). The Morgan fingerprint density at radius 2 is 1.93 bits per heavy atom. The van der Waals surface area contributed by atoms with Crippen molar-refractivity contribution in [2.45, 2.75) is 20.5 Å². The number of halogens is 2. The van der Waals surface area contributed by atoms with Gasteiger partial charge in [0.1, 0.15) is 29.6 Å². The van der Waals surface area contributed by atoms with Gasteiger partial charge < -0.3 is 14.2 Å². The largest absolute Gasteiger partial charge is 0.496 e. The van der Waals surface area contributed by atoms with Crippen molar-refractivity contribution in [1.29, 1.82) is 0 Å². The van der Waals surface area contributed by atoms with E-state index in [-0.39, 0.29) is 30.2 Å². The second kappa shape index (κ2) is 7.61. The SMILES string of the molecule is CCOC(=O)c1c(C)nn2c(OCc3c(F)cccc3F)cc(OC)cc12. The molecule has 0 aliphatic heterocycles. The molecule has 0 aliphatic carbocycles. The van der Waals surface area contributed by atoms with Gasteiger partial charge in [-0.25, -0.2) is 13.6 Å². The van der Waals surface area contributed by atoms with E-state index < -0.39 is 17.6 Å². The summed E-state index contributed by atoms with van der Waals surface area (Å²) in [5, 5.41) is 4.30. The lowest BCUT2D eigenvalue weighted by Gasteiger charge is -2.11. The number of carbonyl (C=O) groups excluding carboxylic acids is 1. The molecule has 0 unspecified atom stereocenters. The molecule has 0 atom stereocenters. The second-order valence-corrected chi connectivity index (χ2v) is 5.70. The molecule has 0 fully saturated rings. The summed E-state index contributed by atoms with van der Waals surface area (Å²) in [5.41, 5.74) is 0.915. The van der Waals surface area contributed by atoms with E-state index in [1.807, 2.05) is 0 Å². The van der Waals surface area contributed by atoms with Crippen molar-refractivity contribution in [3.63, 3.8) is 0 Å². The standard InChI is InChI=1S/C19H18F2N2O4/c1-4-26-19(24)18-11(2)22-23-16(18)8-12(25-3)9-17(23)27-10-13-14(20)6-5-7-15(13)21/h5-9H,4,10H2,1-3H3. The zero-order valence-corrected chi connectivity index (χ0v) is 15.1. The fraction of sp³-hybridized carbons (Fsp3) is 0.263. The Morgan fingerprint density at radius 1 is 1.22 bits per heavy atom. The van der Waals surface area contributed by atoms with Gasteiger partial charge in [0.25, 0.3) is 0 Å². The van der Waals surface area contributed by atoms with Crippen molar-refractivity contribution < 1.29 is 27.8 Å². The van der Waals surface area contributed by atoms with Crippen molar-refractivity contribution in [2.75, 3.05) is 13.7 Å². The normalized spacial score (nSPS) is 10.9. The molecule has 27 heavy (non-hydrogen) atoms. The van der Waals surface area contributed by atoms with Gasteiger partial charge in [0.15, 0.2) is 0 Å². The Hall–Kier alpha value is -3.16. The van der Waals surface area contributed by atoms with Crippen molar-refractivity contribution in [3.8, 4) is 11.6 Å². The Labute approximate surface area is 154 Å². The minimum atomic E-state index is -0.710. The van der Waals surface area contributed by atoms with Crippen LogP contribution in [0.4, 0.5) is 8.78 Å². The highest BCUT2D eigenvalue weighted by molar-refractivity contribution is 5.98. The summed E-state index contributed by atoms with van der Waals surface area (Å²) < 4.78 is 45.0. The van der Waals surface area contributed by atoms with Crippen LogP contribution in [0.3, 0.4) is 0 Å². The summed E-state index contributed by atoms with van der Waals surface area (Å²) >= 11 is 0. The number of pyridine rings is 1. The Balaban J connectivity index is 2.05. The highest BCUT2D eigenvalue weighted by Crippen LogP contribution is 2.28. The number of esters is 1. The molecule has 2 heterocycles. The first-order valence-electron chi connectivity index (χ1n) is 8.26. The van der Waals surface area contributed by atoms with Gasteiger partial charge in [-0.3, -0.25) is 0 Å². The van der Waals surface area contributed by atoms with E-state index in [0.717, 1.165) is 12.1 Å². The van der Waals surface area contributed by atoms with Crippen LogP contribution in [0.15, 0.2) is 30.3 Å². The molecule has 0 N–H and O–H groups in total. The first-order chi connectivity index (χ1) is 13.0. The maximum absolute atomic E-state index is 13.8. The number of aromatic nitrogens is 2. The van der Waals surface area contributed by atoms with Gasteiger partial charge in [-0.1, -0.05) is 6.07 Å². The molecule has 0 saturated heterocycles. The van der Waals surface area contributed by atoms with Gasteiger partial charge in [0, 0.05) is 12.1 Å². The Bertz CT molecular complexity index is 981. The molecule has 0 spiro atoms. The molecular formula is C19H18F2N2O4. The van der Waals surface area contributed by atoms with Crippen LogP contribution in [-0.2, 0) is 11.3 Å². The second-order valence-electron chi connectivity index (χ2n) is 5.70. The number of ether oxygens (including phenoxy) is 3. The van der Waals surface area contributed by atoms with Gasteiger partial charge >= 0.3 is 5.97 Å². The Kier molecular flexibility index (Phi) is 5.25. The van der Waals surface area contributed by atoms with Crippen molar-refractivity contribution in [1.82, 2.24) is 9.61 Å².